The molecule has 0 amide bonds. The summed E-state index contributed by atoms with van der Waals surface area (Å²) in [6.45, 7) is 2.24. The van der Waals surface area contributed by atoms with Gasteiger partial charge in [-0.3, -0.25) is 19.8 Å². The minimum absolute atomic E-state index is 0.258. The van der Waals surface area contributed by atoms with Crippen LogP contribution in [0, 0.1) is 5.92 Å². The Morgan fingerprint density at radius 2 is 1.85 bits per heavy atom. The normalized spacial score (nSPS) is 22.9. The van der Waals surface area contributed by atoms with E-state index in [4.69, 9.17) is 0 Å². The van der Waals surface area contributed by atoms with Gasteiger partial charge in [-0.25, -0.2) is 0 Å². The van der Waals surface area contributed by atoms with Crippen molar-refractivity contribution in [2.75, 3.05) is 5.32 Å². The lowest BCUT2D eigenvalue weighted by molar-refractivity contribution is 0.350. The van der Waals surface area contributed by atoms with Gasteiger partial charge in [0.25, 0.3) is 11.1 Å². The minimum Gasteiger partial charge on any atom is -0.381 e. The van der Waals surface area contributed by atoms with Gasteiger partial charge in [0.05, 0.1) is 10.8 Å². The van der Waals surface area contributed by atoms with Gasteiger partial charge in [-0.1, -0.05) is 25.8 Å². The first-order valence-corrected chi connectivity index (χ1v) is 7.17. The van der Waals surface area contributed by atoms with E-state index in [1.54, 1.807) is 6.07 Å². The predicted molar refractivity (Wildman–Crippen MR) is 80.2 cm³/mol. The summed E-state index contributed by atoms with van der Waals surface area (Å²) in [5, 5.41) is 9.11. The van der Waals surface area contributed by atoms with Crippen LogP contribution in [0.4, 0.5) is 5.69 Å². The SMILES string of the molecule is CC1CCCCC1Nc1cccc2c(=O)[nH][nH]c(=O)c12. The van der Waals surface area contributed by atoms with Crippen molar-refractivity contribution < 1.29 is 0 Å². The zero-order chi connectivity index (χ0) is 14.1. The van der Waals surface area contributed by atoms with Gasteiger partial charge in [0, 0.05) is 11.7 Å². The van der Waals surface area contributed by atoms with Gasteiger partial charge in [-0.2, -0.15) is 0 Å². The van der Waals surface area contributed by atoms with E-state index in [2.05, 4.69) is 22.4 Å². The highest BCUT2D eigenvalue weighted by Gasteiger charge is 2.22. The second kappa shape index (κ2) is 5.15. The van der Waals surface area contributed by atoms with E-state index >= 15 is 0 Å². The van der Waals surface area contributed by atoms with Crippen molar-refractivity contribution in [1.29, 1.82) is 0 Å². The van der Waals surface area contributed by atoms with E-state index in [9.17, 15) is 9.59 Å². The fourth-order valence-electron chi connectivity index (χ4n) is 3.08. The summed E-state index contributed by atoms with van der Waals surface area (Å²) in [5.74, 6) is 0.583. The number of rotatable bonds is 2. The molecule has 0 saturated heterocycles. The Morgan fingerprint density at radius 1 is 1.10 bits per heavy atom. The maximum Gasteiger partial charge on any atom is 0.272 e. The molecule has 5 heteroatoms. The number of hydrogen-bond donors (Lipinski definition) is 3. The van der Waals surface area contributed by atoms with Crippen molar-refractivity contribution >= 4 is 16.5 Å². The smallest absolute Gasteiger partial charge is 0.272 e. The van der Waals surface area contributed by atoms with E-state index in [1.807, 2.05) is 12.1 Å². The largest absolute Gasteiger partial charge is 0.381 e. The first-order chi connectivity index (χ1) is 9.66. The molecule has 2 aromatic rings. The maximum absolute atomic E-state index is 12.0. The monoisotopic (exact) mass is 273 g/mol. The van der Waals surface area contributed by atoms with Gasteiger partial charge in [0.15, 0.2) is 0 Å². The summed E-state index contributed by atoms with van der Waals surface area (Å²) in [4.78, 5) is 23.8. The summed E-state index contributed by atoms with van der Waals surface area (Å²) in [6, 6.07) is 5.73. The van der Waals surface area contributed by atoms with Gasteiger partial charge in [0.1, 0.15) is 0 Å². The van der Waals surface area contributed by atoms with Gasteiger partial charge >= 0.3 is 0 Å². The van der Waals surface area contributed by atoms with Gasteiger partial charge in [-0.05, 0) is 30.9 Å². The standard InChI is InChI=1S/C15H19N3O2/c1-9-5-2-3-7-11(9)16-12-8-4-6-10-13(12)15(20)18-17-14(10)19/h4,6,8-9,11,16H,2-3,5,7H2,1H3,(H,17,19)(H,18,20). The number of aromatic amines is 2. The topological polar surface area (TPSA) is 77.8 Å². The molecule has 1 fully saturated rings. The molecule has 3 rings (SSSR count). The molecule has 1 aliphatic carbocycles. The Kier molecular flexibility index (Phi) is 3.34. The van der Waals surface area contributed by atoms with Crippen molar-refractivity contribution in [1.82, 2.24) is 10.2 Å². The Labute approximate surface area is 116 Å². The molecule has 0 aliphatic heterocycles. The van der Waals surface area contributed by atoms with Gasteiger partial charge in [0.2, 0.25) is 0 Å². The molecule has 2 atom stereocenters. The van der Waals surface area contributed by atoms with E-state index in [1.165, 1.54) is 19.3 Å². The molecule has 3 N–H and O–H groups in total. The lowest BCUT2D eigenvalue weighted by atomic mass is 9.85. The Morgan fingerprint density at radius 3 is 2.65 bits per heavy atom. The van der Waals surface area contributed by atoms with Gasteiger partial charge in [-0.15, -0.1) is 0 Å². The summed E-state index contributed by atoms with van der Waals surface area (Å²) in [6.07, 6.45) is 4.80. The minimum atomic E-state index is -0.264. The summed E-state index contributed by atoms with van der Waals surface area (Å²) < 4.78 is 0. The van der Waals surface area contributed by atoms with Crippen molar-refractivity contribution in [3.8, 4) is 0 Å². The predicted octanol–water partition coefficient (Wildman–Crippen LogP) is 2.21. The summed E-state index contributed by atoms with van der Waals surface area (Å²) in [5.41, 5.74) is 0.236. The highest BCUT2D eigenvalue weighted by Crippen LogP contribution is 2.28. The molecule has 1 saturated carbocycles. The third kappa shape index (κ3) is 2.24. The van der Waals surface area contributed by atoms with Crippen molar-refractivity contribution in [2.45, 2.75) is 38.6 Å². The molecule has 2 unspecified atom stereocenters. The van der Waals surface area contributed by atoms with Crippen molar-refractivity contribution in [2.24, 2.45) is 5.92 Å². The third-order valence-electron chi connectivity index (χ3n) is 4.28. The molecule has 1 aromatic carbocycles. The van der Waals surface area contributed by atoms with E-state index in [0.717, 1.165) is 12.1 Å². The number of H-pyrrole nitrogens is 2. The highest BCUT2D eigenvalue weighted by molar-refractivity contribution is 5.92. The van der Waals surface area contributed by atoms with Crippen LogP contribution in [0.15, 0.2) is 27.8 Å². The summed E-state index contributed by atoms with van der Waals surface area (Å²) in [7, 11) is 0. The van der Waals surface area contributed by atoms with Crippen molar-refractivity contribution in [3.05, 3.63) is 38.9 Å². The number of benzene rings is 1. The van der Waals surface area contributed by atoms with Gasteiger partial charge < -0.3 is 5.32 Å². The molecule has 0 bridgehead atoms. The summed E-state index contributed by atoms with van der Waals surface area (Å²) >= 11 is 0. The van der Waals surface area contributed by atoms with E-state index in [0.29, 0.717) is 22.7 Å². The second-order valence-corrected chi connectivity index (χ2v) is 5.65. The lowest BCUT2D eigenvalue weighted by Gasteiger charge is -2.30. The molecule has 1 aliphatic rings. The van der Waals surface area contributed by atoms with Crippen LogP contribution < -0.4 is 16.4 Å². The number of nitrogens with one attached hydrogen (secondary N) is 3. The zero-order valence-corrected chi connectivity index (χ0v) is 11.5. The molecule has 1 heterocycles. The average Bonchev–Trinajstić information content (AvgIpc) is 2.45. The molecule has 0 spiro atoms. The molecular weight excluding hydrogens is 254 g/mol. The van der Waals surface area contributed by atoms with E-state index < -0.39 is 0 Å². The number of aromatic nitrogens is 2. The quantitative estimate of drug-likeness (QED) is 0.785. The fraction of sp³-hybridized carbons (Fsp3) is 0.467. The van der Waals surface area contributed by atoms with Crippen LogP contribution in [0.3, 0.4) is 0 Å². The molecule has 1 aromatic heterocycles. The second-order valence-electron chi connectivity index (χ2n) is 5.65. The average molecular weight is 273 g/mol. The molecule has 20 heavy (non-hydrogen) atoms. The fourth-order valence-corrected chi connectivity index (χ4v) is 3.08. The van der Waals surface area contributed by atoms with Crippen LogP contribution in [-0.4, -0.2) is 16.2 Å². The zero-order valence-electron chi connectivity index (χ0n) is 11.5. The number of hydrogen-bond acceptors (Lipinski definition) is 3. The van der Waals surface area contributed by atoms with Crippen LogP contribution >= 0.6 is 0 Å². The van der Waals surface area contributed by atoms with Crippen LogP contribution in [0.1, 0.15) is 32.6 Å². The van der Waals surface area contributed by atoms with Crippen LogP contribution in [0.25, 0.3) is 10.8 Å². The first kappa shape index (κ1) is 13.0. The lowest BCUT2D eigenvalue weighted by Crippen LogP contribution is -2.31. The first-order valence-electron chi connectivity index (χ1n) is 7.17. The van der Waals surface area contributed by atoms with E-state index in [-0.39, 0.29) is 11.1 Å². The van der Waals surface area contributed by atoms with Crippen LogP contribution in [0.5, 0.6) is 0 Å². The van der Waals surface area contributed by atoms with Crippen LogP contribution in [0.2, 0.25) is 0 Å². The van der Waals surface area contributed by atoms with Crippen LogP contribution in [-0.2, 0) is 0 Å². The highest BCUT2D eigenvalue weighted by atomic mass is 16.1. The Balaban J connectivity index is 2.06. The third-order valence-corrected chi connectivity index (χ3v) is 4.28. The van der Waals surface area contributed by atoms with Crippen molar-refractivity contribution in [3.63, 3.8) is 0 Å². The molecule has 0 radical (unpaired) electrons. The Bertz CT molecular complexity index is 732. The maximum atomic E-state index is 12.0. The Hall–Kier alpha value is -2.04. The molecular formula is C15H19N3O2. The number of fused-ring (bicyclic) bond motifs is 1. The molecule has 106 valence electrons. The molecule has 5 nitrogen and oxygen atoms in total. The number of anilines is 1.